The zero-order valence-electron chi connectivity index (χ0n) is 11.9. The molecule has 0 radical (unpaired) electrons. The van der Waals surface area contributed by atoms with E-state index in [4.69, 9.17) is 5.73 Å². The summed E-state index contributed by atoms with van der Waals surface area (Å²) in [6, 6.07) is 10.9. The number of aromatic nitrogens is 1. The lowest BCUT2D eigenvalue weighted by Crippen LogP contribution is -2.24. The van der Waals surface area contributed by atoms with Crippen LogP contribution in [0.4, 0.5) is 0 Å². The lowest BCUT2D eigenvalue weighted by Gasteiger charge is -2.09. The Bertz CT molecular complexity index is 697. The standard InChI is InChI=1S/C15H19N3O2S/c1-2-13-5-3-4-6-14(13)11-18-21(19,20)15-8-7-12(9-16)10-17-15/h3-8,10,18H,2,9,11,16H2,1H3. The van der Waals surface area contributed by atoms with Crippen molar-refractivity contribution in [2.75, 3.05) is 0 Å². The summed E-state index contributed by atoms with van der Waals surface area (Å²) in [6.07, 6.45) is 2.34. The Morgan fingerprint density at radius 3 is 2.43 bits per heavy atom. The normalized spacial score (nSPS) is 11.5. The van der Waals surface area contributed by atoms with Gasteiger partial charge in [-0.15, -0.1) is 0 Å². The van der Waals surface area contributed by atoms with Gasteiger partial charge in [0.05, 0.1) is 0 Å². The van der Waals surface area contributed by atoms with Crippen LogP contribution < -0.4 is 10.5 Å². The molecule has 0 saturated carbocycles. The summed E-state index contributed by atoms with van der Waals surface area (Å²) in [6.45, 7) is 2.64. The SMILES string of the molecule is CCc1ccccc1CNS(=O)(=O)c1ccc(CN)cn1. The molecule has 2 rings (SSSR count). The second-order valence-corrected chi connectivity index (χ2v) is 6.37. The van der Waals surface area contributed by atoms with Crippen molar-refractivity contribution < 1.29 is 8.42 Å². The van der Waals surface area contributed by atoms with E-state index in [0.717, 1.165) is 23.1 Å². The molecule has 1 aromatic heterocycles. The number of nitrogens with zero attached hydrogens (tertiary/aromatic N) is 1. The number of hydrogen-bond donors (Lipinski definition) is 2. The van der Waals surface area contributed by atoms with E-state index in [2.05, 4.69) is 9.71 Å². The van der Waals surface area contributed by atoms with Gasteiger partial charge in [-0.25, -0.2) is 18.1 Å². The van der Waals surface area contributed by atoms with E-state index in [1.807, 2.05) is 31.2 Å². The van der Waals surface area contributed by atoms with Crippen molar-refractivity contribution in [2.24, 2.45) is 5.73 Å². The average Bonchev–Trinajstić information content (AvgIpc) is 2.53. The van der Waals surface area contributed by atoms with E-state index in [1.165, 1.54) is 12.3 Å². The van der Waals surface area contributed by atoms with Crippen LogP contribution in [0.2, 0.25) is 0 Å². The number of hydrogen-bond acceptors (Lipinski definition) is 4. The minimum Gasteiger partial charge on any atom is -0.326 e. The van der Waals surface area contributed by atoms with Gasteiger partial charge in [-0.2, -0.15) is 0 Å². The first kappa shape index (κ1) is 15.6. The molecule has 0 aliphatic rings. The van der Waals surface area contributed by atoms with Crippen molar-refractivity contribution >= 4 is 10.0 Å². The Morgan fingerprint density at radius 2 is 1.86 bits per heavy atom. The maximum Gasteiger partial charge on any atom is 0.258 e. The molecular formula is C15H19N3O2S. The zero-order chi connectivity index (χ0) is 15.3. The Balaban J connectivity index is 2.13. The molecule has 1 heterocycles. The van der Waals surface area contributed by atoms with Crippen LogP contribution in [0, 0.1) is 0 Å². The Labute approximate surface area is 125 Å². The second-order valence-electron chi connectivity index (χ2n) is 4.66. The molecule has 21 heavy (non-hydrogen) atoms. The average molecular weight is 305 g/mol. The van der Waals surface area contributed by atoms with Gasteiger partial charge < -0.3 is 5.73 Å². The number of pyridine rings is 1. The number of nitrogens with two attached hydrogens (primary N) is 1. The molecular weight excluding hydrogens is 286 g/mol. The molecule has 0 bridgehead atoms. The number of rotatable bonds is 6. The van der Waals surface area contributed by atoms with Crippen molar-refractivity contribution in [1.29, 1.82) is 0 Å². The van der Waals surface area contributed by atoms with Crippen LogP contribution in [-0.2, 0) is 29.5 Å². The molecule has 0 aliphatic heterocycles. The fraction of sp³-hybridized carbons (Fsp3) is 0.267. The molecule has 0 saturated heterocycles. The smallest absolute Gasteiger partial charge is 0.258 e. The van der Waals surface area contributed by atoms with E-state index in [0.29, 0.717) is 6.54 Å². The van der Waals surface area contributed by atoms with Gasteiger partial charge in [0, 0.05) is 19.3 Å². The molecule has 5 nitrogen and oxygen atoms in total. The molecule has 0 atom stereocenters. The maximum atomic E-state index is 12.2. The highest BCUT2D eigenvalue weighted by Gasteiger charge is 2.15. The number of aryl methyl sites for hydroxylation is 1. The molecule has 0 fully saturated rings. The number of benzene rings is 1. The van der Waals surface area contributed by atoms with Crippen LogP contribution in [-0.4, -0.2) is 13.4 Å². The summed E-state index contributed by atoms with van der Waals surface area (Å²) in [5.41, 5.74) is 8.37. The lowest BCUT2D eigenvalue weighted by molar-refractivity contribution is 0.577. The fourth-order valence-corrected chi connectivity index (χ4v) is 2.94. The fourth-order valence-electron chi connectivity index (χ4n) is 2.01. The predicted octanol–water partition coefficient (Wildman–Crippen LogP) is 1.58. The highest BCUT2D eigenvalue weighted by atomic mass is 32.2. The number of nitrogens with one attached hydrogen (secondary N) is 1. The molecule has 0 unspecified atom stereocenters. The highest BCUT2D eigenvalue weighted by molar-refractivity contribution is 7.89. The minimum absolute atomic E-state index is 0.00804. The first-order chi connectivity index (χ1) is 10.1. The topological polar surface area (TPSA) is 85.1 Å². The summed E-state index contributed by atoms with van der Waals surface area (Å²) in [4.78, 5) is 3.95. The molecule has 2 aromatic rings. The van der Waals surface area contributed by atoms with Gasteiger partial charge in [0.15, 0.2) is 5.03 Å². The Kier molecular flexibility index (Phi) is 5.06. The quantitative estimate of drug-likeness (QED) is 0.848. The molecule has 0 aliphatic carbocycles. The summed E-state index contributed by atoms with van der Waals surface area (Å²) in [5, 5.41) is 0.00804. The molecule has 112 valence electrons. The summed E-state index contributed by atoms with van der Waals surface area (Å²) < 4.78 is 27.0. The molecule has 0 spiro atoms. The van der Waals surface area contributed by atoms with Gasteiger partial charge in [0.2, 0.25) is 0 Å². The van der Waals surface area contributed by atoms with Gasteiger partial charge in [-0.1, -0.05) is 37.3 Å². The molecule has 0 amide bonds. The van der Waals surface area contributed by atoms with Crippen LogP contribution in [0.15, 0.2) is 47.6 Å². The van der Waals surface area contributed by atoms with Crippen LogP contribution in [0.1, 0.15) is 23.6 Å². The van der Waals surface area contributed by atoms with Crippen molar-refractivity contribution in [1.82, 2.24) is 9.71 Å². The van der Waals surface area contributed by atoms with Crippen LogP contribution in [0.5, 0.6) is 0 Å². The largest absolute Gasteiger partial charge is 0.326 e. The Morgan fingerprint density at radius 1 is 1.14 bits per heavy atom. The van der Waals surface area contributed by atoms with E-state index in [-0.39, 0.29) is 11.6 Å². The summed E-state index contributed by atoms with van der Waals surface area (Å²) in [7, 11) is -3.61. The first-order valence-corrected chi connectivity index (χ1v) is 8.26. The lowest BCUT2D eigenvalue weighted by atomic mass is 10.1. The monoisotopic (exact) mass is 305 g/mol. The van der Waals surface area contributed by atoms with Gasteiger partial charge in [0.25, 0.3) is 10.0 Å². The molecule has 1 aromatic carbocycles. The highest BCUT2D eigenvalue weighted by Crippen LogP contribution is 2.11. The molecule has 6 heteroatoms. The van der Waals surface area contributed by atoms with Gasteiger partial charge >= 0.3 is 0 Å². The van der Waals surface area contributed by atoms with Crippen LogP contribution in [0.25, 0.3) is 0 Å². The summed E-state index contributed by atoms with van der Waals surface area (Å²) >= 11 is 0. The maximum absolute atomic E-state index is 12.2. The Hall–Kier alpha value is -1.76. The van der Waals surface area contributed by atoms with Crippen molar-refractivity contribution in [3.05, 3.63) is 59.3 Å². The third kappa shape index (κ3) is 3.87. The van der Waals surface area contributed by atoms with Gasteiger partial charge in [0.1, 0.15) is 0 Å². The third-order valence-corrected chi connectivity index (χ3v) is 4.58. The second kappa shape index (κ2) is 6.80. The van der Waals surface area contributed by atoms with E-state index in [9.17, 15) is 8.42 Å². The van der Waals surface area contributed by atoms with Gasteiger partial charge in [-0.05, 0) is 29.2 Å². The van der Waals surface area contributed by atoms with Crippen molar-refractivity contribution in [3.63, 3.8) is 0 Å². The van der Waals surface area contributed by atoms with Crippen molar-refractivity contribution in [3.8, 4) is 0 Å². The first-order valence-electron chi connectivity index (χ1n) is 6.78. The zero-order valence-corrected chi connectivity index (χ0v) is 12.7. The van der Waals surface area contributed by atoms with Crippen LogP contribution >= 0.6 is 0 Å². The predicted molar refractivity (Wildman–Crippen MR) is 82.0 cm³/mol. The minimum atomic E-state index is -3.61. The molecule has 3 N–H and O–H groups in total. The van der Waals surface area contributed by atoms with E-state index < -0.39 is 10.0 Å². The van der Waals surface area contributed by atoms with Gasteiger partial charge in [-0.3, -0.25) is 0 Å². The van der Waals surface area contributed by atoms with Crippen LogP contribution in [0.3, 0.4) is 0 Å². The van der Waals surface area contributed by atoms with E-state index >= 15 is 0 Å². The number of sulfonamides is 1. The van der Waals surface area contributed by atoms with Crippen molar-refractivity contribution in [2.45, 2.75) is 31.5 Å². The third-order valence-electron chi connectivity index (χ3n) is 3.26. The summed E-state index contributed by atoms with van der Waals surface area (Å²) in [5.74, 6) is 0. The van der Waals surface area contributed by atoms with E-state index in [1.54, 1.807) is 6.07 Å².